The first kappa shape index (κ1) is 18.9. The molecule has 27 heavy (non-hydrogen) atoms. The van der Waals surface area contributed by atoms with E-state index in [4.69, 9.17) is 0 Å². The van der Waals surface area contributed by atoms with E-state index in [0.717, 1.165) is 10.5 Å². The average molecular weight is 359 g/mol. The molecule has 1 unspecified atom stereocenters. The molecule has 0 aliphatic carbocycles. The van der Waals surface area contributed by atoms with Crippen molar-refractivity contribution in [3.8, 4) is 0 Å². The standard InChI is InChI=1S/C24H26N2O/c1-19-11-9-10-16-22(19)17-25-23(27)18-26(2)24(20-12-5-3-6-13-20)21-14-7-4-8-15-21/h3-16,24H,17-18H2,1-2H3,(H,25,27)/p+1. The highest BCUT2D eigenvalue weighted by atomic mass is 16.2. The number of likely N-dealkylation sites (N-methyl/N-ethyl adjacent to an activating group) is 1. The van der Waals surface area contributed by atoms with E-state index in [0.29, 0.717) is 13.1 Å². The van der Waals surface area contributed by atoms with Crippen molar-refractivity contribution in [1.82, 2.24) is 5.32 Å². The molecule has 1 amide bonds. The van der Waals surface area contributed by atoms with Crippen LogP contribution in [-0.2, 0) is 11.3 Å². The average Bonchev–Trinajstić information content (AvgIpc) is 2.69. The van der Waals surface area contributed by atoms with Gasteiger partial charge in [-0.3, -0.25) is 4.79 Å². The second-order valence-electron chi connectivity index (χ2n) is 6.98. The van der Waals surface area contributed by atoms with E-state index < -0.39 is 0 Å². The summed E-state index contributed by atoms with van der Waals surface area (Å²) in [6, 6.07) is 29.1. The first-order chi connectivity index (χ1) is 13.1. The Hall–Kier alpha value is -2.91. The van der Waals surface area contributed by atoms with E-state index in [1.807, 2.05) is 24.3 Å². The first-order valence-electron chi connectivity index (χ1n) is 9.38. The van der Waals surface area contributed by atoms with Gasteiger partial charge in [0.15, 0.2) is 6.54 Å². The number of hydrogen-bond acceptors (Lipinski definition) is 1. The van der Waals surface area contributed by atoms with Crippen LogP contribution in [0.15, 0.2) is 84.9 Å². The molecule has 3 nitrogen and oxygen atoms in total. The summed E-state index contributed by atoms with van der Waals surface area (Å²) in [6.45, 7) is 3.06. The molecule has 3 aromatic carbocycles. The van der Waals surface area contributed by atoms with Crippen LogP contribution in [0.1, 0.15) is 28.3 Å². The maximum Gasteiger partial charge on any atom is 0.275 e. The topological polar surface area (TPSA) is 33.5 Å². The van der Waals surface area contributed by atoms with Crippen LogP contribution in [-0.4, -0.2) is 19.5 Å². The van der Waals surface area contributed by atoms with Gasteiger partial charge in [-0.1, -0.05) is 84.9 Å². The predicted molar refractivity (Wildman–Crippen MR) is 110 cm³/mol. The number of benzene rings is 3. The van der Waals surface area contributed by atoms with Gasteiger partial charge in [0, 0.05) is 17.7 Å². The number of hydrogen-bond donors (Lipinski definition) is 2. The molecule has 0 heterocycles. The Labute approximate surface area is 161 Å². The van der Waals surface area contributed by atoms with Crippen LogP contribution >= 0.6 is 0 Å². The minimum Gasteiger partial charge on any atom is -0.347 e. The highest BCUT2D eigenvalue weighted by Gasteiger charge is 2.24. The number of nitrogens with one attached hydrogen (secondary N) is 2. The largest absolute Gasteiger partial charge is 0.347 e. The molecule has 0 saturated heterocycles. The van der Waals surface area contributed by atoms with Crippen molar-refractivity contribution < 1.29 is 9.69 Å². The van der Waals surface area contributed by atoms with Crippen molar-refractivity contribution in [2.24, 2.45) is 0 Å². The summed E-state index contributed by atoms with van der Waals surface area (Å²) in [5.74, 6) is 0.0626. The molecular weight excluding hydrogens is 332 g/mol. The van der Waals surface area contributed by atoms with E-state index in [2.05, 4.69) is 80.0 Å². The summed E-state index contributed by atoms with van der Waals surface area (Å²) in [4.78, 5) is 13.7. The molecular formula is C24H27N2O+. The number of quaternary nitrogens is 1. The maximum absolute atomic E-state index is 12.6. The first-order valence-corrected chi connectivity index (χ1v) is 9.38. The van der Waals surface area contributed by atoms with Gasteiger partial charge >= 0.3 is 0 Å². The molecule has 0 aliphatic heterocycles. The Morgan fingerprint density at radius 2 is 1.37 bits per heavy atom. The maximum atomic E-state index is 12.6. The highest BCUT2D eigenvalue weighted by Crippen LogP contribution is 2.18. The Morgan fingerprint density at radius 3 is 1.93 bits per heavy atom. The lowest BCUT2D eigenvalue weighted by Crippen LogP contribution is -3.10. The fourth-order valence-corrected chi connectivity index (χ4v) is 3.47. The van der Waals surface area contributed by atoms with Crippen molar-refractivity contribution in [2.75, 3.05) is 13.6 Å². The lowest BCUT2D eigenvalue weighted by Gasteiger charge is -2.25. The van der Waals surface area contributed by atoms with Gasteiger partial charge < -0.3 is 10.2 Å². The second kappa shape index (κ2) is 9.15. The van der Waals surface area contributed by atoms with Crippen LogP contribution in [0.4, 0.5) is 0 Å². The van der Waals surface area contributed by atoms with Crippen molar-refractivity contribution in [3.63, 3.8) is 0 Å². The van der Waals surface area contributed by atoms with Crippen molar-refractivity contribution in [1.29, 1.82) is 0 Å². The summed E-state index contributed by atoms with van der Waals surface area (Å²) in [6.07, 6.45) is 0. The Kier molecular flexibility index (Phi) is 6.39. The van der Waals surface area contributed by atoms with Gasteiger partial charge in [-0.15, -0.1) is 0 Å². The molecule has 0 aromatic heterocycles. The zero-order chi connectivity index (χ0) is 19.1. The summed E-state index contributed by atoms with van der Waals surface area (Å²) in [7, 11) is 2.08. The summed E-state index contributed by atoms with van der Waals surface area (Å²) in [5, 5.41) is 3.07. The molecule has 3 aromatic rings. The number of carbonyl (C=O) groups excluding carboxylic acids is 1. The third-order valence-electron chi connectivity index (χ3n) is 4.94. The lowest BCUT2D eigenvalue weighted by molar-refractivity contribution is -0.898. The van der Waals surface area contributed by atoms with Gasteiger partial charge in [-0.25, -0.2) is 0 Å². The molecule has 1 atom stereocenters. The minimum absolute atomic E-state index is 0.0626. The van der Waals surface area contributed by atoms with Crippen molar-refractivity contribution in [3.05, 3.63) is 107 Å². The van der Waals surface area contributed by atoms with Crippen LogP contribution in [0.5, 0.6) is 0 Å². The van der Waals surface area contributed by atoms with E-state index in [1.54, 1.807) is 0 Å². The van der Waals surface area contributed by atoms with Crippen molar-refractivity contribution >= 4 is 5.91 Å². The van der Waals surface area contributed by atoms with Crippen LogP contribution < -0.4 is 10.2 Å². The lowest BCUT2D eigenvalue weighted by atomic mass is 9.97. The highest BCUT2D eigenvalue weighted by molar-refractivity contribution is 5.76. The van der Waals surface area contributed by atoms with Gasteiger partial charge in [0.1, 0.15) is 6.04 Å². The monoisotopic (exact) mass is 359 g/mol. The van der Waals surface area contributed by atoms with Crippen molar-refractivity contribution in [2.45, 2.75) is 19.5 Å². The smallest absolute Gasteiger partial charge is 0.275 e. The van der Waals surface area contributed by atoms with Gasteiger partial charge in [0.25, 0.3) is 5.91 Å². The number of rotatable bonds is 7. The molecule has 0 aliphatic rings. The number of carbonyl (C=O) groups is 1. The normalized spacial score (nSPS) is 12.0. The van der Waals surface area contributed by atoms with Crippen LogP contribution in [0.25, 0.3) is 0 Å². The molecule has 0 fully saturated rings. The second-order valence-corrected chi connectivity index (χ2v) is 6.98. The summed E-state index contributed by atoms with van der Waals surface area (Å²) in [5.41, 5.74) is 4.79. The van der Waals surface area contributed by atoms with Crippen LogP contribution in [0, 0.1) is 6.92 Å². The fraction of sp³-hybridized carbons (Fsp3) is 0.208. The molecule has 138 valence electrons. The zero-order valence-electron chi connectivity index (χ0n) is 16.0. The summed E-state index contributed by atoms with van der Waals surface area (Å²) < 4.78 is 0. The van der Waals surface area contributed by atoms with Crippen LogP contribution in [0.3, 0.4) is 0 Å². The Balaban J connectivity index is 1.70. The van der Waals surface area contributed by atoms with Gasteiger partial charge in [0.05, 0.1) is 7.05 Å². The van der Waals surface area contributed by atoms with Gasteiger partial charge in [-0.05, 0) is 18.1 Å². The third-order valence-corrected chi connectivity index (χ3v) is 4.94. The Bertz CT molecular complexity index is 822. The molecule has 0 spiro atoms. The molecule has 3 rings (SSSR count). The van der Waals surface area contributed by atoms with Gasteiger partial charge in [-0.2, -0.15) is 0 Å². The zero-order valence-corrected chi connectivity index (χ0v) is 16.0. The minimum atomic E-state index is 0.0626. The Morgan fingerprint density at radius 1 is 0.852 bits per heavy atom. The molecule has 3 heteroatoms. The van der Waals surface area contributed by atoms with E-state index in [-0.39, 0.29) is 11.9 Å². The third kappa shape index (κ3) is 5.05. The molecule has 0 radical (unpaired) electrons. The predicted octanol–water partition coefficient (Wildman–Crippen LogP) is 2.92. The quantitative estimate of drug-likeness (QED) is 0.668. The SMILES string of the molecule is Cc1ccccc1CNC(=O)C[NH+](C)C(c1ccccc1)c1ccccc1. The van der Waals surface area contributed by atoms with E-state index >= 15 is 0 Å². The van der Waals surface area contributed by atoms with E-state index in [1.165, 1.54) is 16.7 Å². The fourth-order valence-electron chi connectivity index (χ4n) is 3.47. The number of aryl methyl sites for hydroxylation is 1. The number of amides is 1. The van der Waals surface area contributed by atoms with Gasteiger partial charge in [0.2, 0.25) is 0 Å². The molecule has 0 saturated carbocycles. The summed E-state index contributed by atoms with van der Waals surface area (Å²) >= 11 is 0. The van der Waals surface area contributed by atoms with Crippen LogP contribution in [0.2, 0.25) is 0 Å². The van der Waals surface area contributed by atoms with E-state index in [9.17, 15) is 4.79 Å². The molecule has 2 N–H and O–H groups in total. The molecule has 0 bridgehead atoms.